The average molecular weight is 359 g/mol. The highest BCUT2D eigenvalue weighted by atomic mass is 16.2. The lowest BCUT2D eigenvalue weighted by Gasteiger charge is -2.32. The normalized spacial score (nSPS) is 16.7. The molecule has 1 fully saturated rings. The van der Waals surface area contributed by atoms with Gasteiger partial charge >= 0.3 is 0 Å². The predicted molar refractivity (Wildman–Crippen MR) is 104 cm³/mol. The Morgan fingerprint density at radius 1 is 1.04 bits per heavy atom. The Labute approximate surface area is 158 Å². The van der Waals surface area contributed by atoms with Gasteiger partial charge in [0, 0.05) is 42.7 Å². The maximum Gasteiger partial charge on any atom is 0.253 e. The molecule has 0 radical (unpaired) electrons. The maximum atomic E-state index is 12.8. The van der Waals surface area contributed by atoms with Crippen LogP contribution in [0.4, 0.5) is 11.6 Å². The lowest BCUT2D eigenvalue weighted by Crippen LogP contribution is -2.39. The Morgan fingerprint density at radius 2 is 1.93 bits per heavy atom. The highest BCUT2D eigenvalue weighted by molar-refractivity contribution is 5.94. The summed E-state index contributed by atoms with van der Waals surface area (Å²) < 4.78 is 0. The van der Waals surface area contributed by atoms with Crippen LogP contribution >= 0.6 is 0 Å². The minimum atomic E-state index is 0.0918. The van der Waals surface area contributed by atoms with Gasteiger partial charge in [0.2, 0.25) is 0 Å². The number of pyridine rings is 1. The molecule has 1 N–H and O–H groups in total. The molecule has 6 nitrogen and oxygen atoms in total. The van der Waals surface area contributed by atoms with Gasteiger partial charge in [-0.3, -0.25) is 9.78 Å². The predicted octanol–water partition coefficient (Wildman–Crippen LogP) is 3.64. The zero-order valence-corrected chi connectivity index (χ0v) is 15.0. The molecule has 3 heterocycles. The molecule has 4 rings (SSSR count). The van der Waals surface area contributed by atoms with E-state index in [4.69, 9.17) is 4.98 Å². The monoisotopic (exact) mass is 359 g/mol. The molecule has 0 bridgehead atoms. The summed E-state index contributed by atoms with van der Waals surface area (Å²) in [5.41, 5.74) is 1.73. The number of piperidine rings is 1. The van der Waals surface area contributed by atoms with Gasteiger partial charge in [0.15, 0.2) is 0 Å². The van der Waals surface area contributed by atoms with Crippen molar-refractivity contribution in [3.05, 3.63) is 78.4 Å². The first-order chi connectivity index (χ1) is 13.3. The number of carbonyl (C=O) groups excluding carboxylic acids is 1. The maximum absolute atomic E-state index is 12.8. The Bertz CT molecular complexity index is 901. The van der Waals surface area contributed by atoms with Gasteiger partial charge < -0.3 is 10.2 Å². The van der Waals surface area contributed by atoms with Crippen LogP contribution < -0.4 is 5.32 Å². The Balaban J connectivity index is 1.48. The zero-order valence-electron chi connectivity index (χ0n) is 15.0. The van der Waals surface area contributed by atoms with Crippen LogP contribution in [0.15, 0.2) is 67.1 Å². The number of likely N-dealkylation sites (tertiary alicyclic amines) is 1. The number of hydrogen-bond acceptors (Lipinski definition) is 5. The summed E-state index contributed by atoms with van der Waals surface area (Å²) in [6, 6.07) is 15.4. The average Bonchev–Trinajstić information content (AvgIpc) is 2.75. The van der Waals surface area contributed by atoms with Gasteiger partial charge in [-0.1, -0.05) is 24.3 Å². The molecule has 1 aliphatic rings. The lowest BCUT2D eigenvalue weighted by atomic mass is 9.93. The molecule has 3 aromatic rings. The molecule has 136 valence electrons. The minimum Gasteiger partial charge on any atom is -0.338 e. The van der Waals surface area contributed by atoms with Gasteiger partial charge in [0.25, 0.3) is 5.91 Å². The van der Waals surface area contributed by atoms with E-state index in [1.54, 1.807) is 18.6 Å². The van der Waals surface area contributed by atoms with E-state index >= 15 is 0 Å². The van der Waals surface area contributed by atoms with E-state index in [0.717, 1.165) is 36.5 Å². The molecule has 0 aliphatic carbocycles. The number of aromatic nitrogens is 3. The summed E-state index contributed by atoms with van der Waals surface area (Å²) in [7, 11) is 0. The van der Waals surface area contributed by atoms with Crippen molar-refractivity contribution in [2.75, 3.05) is 18.4 Å². The third kappa shape index (κ3) is 4.11. The number of nitrogens with zero attached hydrogens (tertiary/aromatic N) is 4. The van der Waals surface area contributed by atoms with Gasteiger partial charge in [0.1, 0.15) is 11.6 Å². The van der Waals surface area contributed by atoms with E-state index in [-0.39, 0.29) is 11.8 Å². The van der Waals surface area contributed by atoms with Gasteiger partial charge in [-0.05, 0) is 37.1 Å². The quantitative estimate of drug-likeness (QED) is 0.770. The molecule has 1 aliphatic heterocycles. The molecule has 27 heavy (non-hydrogen) atoms. The summed E-state index contributed by atoms with van der Waals surface area (Å²) in [5.74, 6) is 1.72. The Hall–Kier alpha value is -3.28. The van der Waals surface area contributed by atoms with Crippen molar-refractivity contribution in [1.82, 2.24) is 19.9 Å². The molecule has 1 unspecified atom stereocenters. The van der Waals surface area contributed by atoms with E-state index in [2.05, 4.69) is 15.3 Å². The molecular weight excluding hydrogens is 338 g/mol. The van der Waals surface area contributed by atoms with Crippen molar-refractivity contribution in [2.24, 2.45) is 0 Å². The highest BCUT2D eigenvalue weighted by Crippen LogP contribution is 2.27. The van der Waals surface area contributed by atoms with E-state index in [9.17, 15) is 4.79 Å². The van der Waals surface area contributed by atoms with Gasteiger partial charge in [-0.15, -0.1) is 0 Å². The van der Waals surface area contributed by atoms with Crippen LogP contribution in [-0.4, -0.2) is 38.8 Å². The number of rotatable bonds is 4. The zero-order chi connectivity index (χ0) is 18.5. The first-order valence-corrected chi connectivity index (χ1v) is 9.14. The topological polar surface area (TPSA) is 71.0 Å². The third-order valence-corrected chi connectivity index (χ3v) is 4.74. The van der Waals surface area contributed by atoms with Crippen molar-refractivity contribution < 1.29 is 4.79 Å². The summed E-state index contributed by atoms with van der Waals surface area (Å²) in [6.45, 7) is 1.48. The summed E-state index contributed by atoms with van der Waals surface area (Å²) in [4.78, 5) is 27.7. The Morgan fingerprint density at radius 3 is 2.74 bits per heavy atom. The molecule has 1 saturated heterocycles. The van der Waals surface area contributed by atoms with Crippen LogP contribution in [0, 0.1) is 0 Å². The second-order valence-electron chi connectivity index (χ2n) is 6.62. The second kappa shape index (κ2) is 7.95. The van der Waals surface area contributed by atoms with E-state index in [1.165, 1.54) is 0 Å². The summed E-state index contributed by atoms with van der Waals surface area (Å²) >= 11 is 0. The lowest BCUT2D eigenvalue weighted by molar-refractivity contribution is 0.0706. The van der Waals surface area contributed by atoms with E-state index in [1.807, 2.05) is 53.4 Å². The number of hydrogen-bond donors (Lipinski definition) is 1. The number of amides is 1. The van der Waals surface area contributed by atoms with E-state index in [0.29, 0.717) is 12.4 Å². The summed E-state index contributed by atoms with van der Waals surface area (Å²) in [5, 5.41) is 3.18. The smallest absolute Gasteiger partial charge is 0.253 e. The molecule has 0 saturated carbocycles. The molecule has 1 aromatic carbocycles. The van der Waals surface area contributed by atoms with Crippen LogP contribution in [-0.2, 0) is 0 Å². The fraction of sp³-hybridized carbons (Fsp3) is 0.238. The van der Waals surface area contributed by atoms with Crippen LogP contribution in [0.3, 0.4) is 0 Å². The highest BCUT2D eigenvalue weighted by Gasteiger charge is 2.26. The van der Waals surface area contributed by atoms with Gasteiger partial charge in [-0.25, -0.2) is 9.97 Å². The standard InChI is InChI=1S/C21H21N5O/c27-21(16-6-2-1-3-7-16)26-13-5-8-17(15-26)18-9-4-10-19(24-18)25-20-14-22-11-12-23-20/h1-4,6-7,9-12,14,17H,5,8,13,15H2,(H,23,24,25). The fourth-order valence-corrected chi connectivity index (χ4v) is 3.41. The van der Waals surface area contributed by atoms with Crippen molar-refractivity contribution in [2.45, 2.75) is 18.8 Å². The number of anilines is 2. The molecular formula is C21H21N5O. The van der Waals surface area contributed by atoms with Crippen molar-refractivity contribution in [3.8, 4) is 0 Å². The summed E-state index contributed by atoms with van der Waals surface area (Å²) in [6.07, 6.45) is 6.94. The minimum absolute atomic E-state index is 0.0918. The first kappa shape index (κ1) is 17.1. The number of carbonyl (C=O) groups is 1. The van der Waals surface area contributed by atoms with Crippen LogP contribution in [0.25, 0.3) is 0 Å². The number of benzene rings is 1. The molecule has 0 spiro atoms. The number of nitrogens with one attached hydrogen (secondary N) is 1. The van der Waals surface area contributed by atoms with Crippen molar-refractivity contribution >= 4 is 17.5 Å². The molecule has 1 amide bonds. The Kier molecular flexibility index (Phi) is 5.05. The van der Waals surface area contributed by atoms with Crippen LogP contribution in [0.5, 0.6) is 0 Å². The van der Waals surface area contributed by atoms with E-state index < -0.39 is 0 Å². The van der Waals surface area contributed by atoms with Gasteiger partial charge in [0.05, 0.1) is 6.20 Å². The van der Waals surface area contributed by atoms with Crippen molar-refractivity contribution in [1.29, 1.82) is 0 Å². The molecule has 2 aromatic heterocycles. The largest absolute Gasteiger partial charge is 0.338 e. The molecule has 6 heteroatoms. The molecule has 1 atom stereocenters. The van der Waals surface area contributed by atoms with Crippen LogP contribution in [0.2, 0.25) is 0 Å². The third-order valence-electron chi connectivity index (χ3n) is 4.74. The van der Waals surface area contributed by atoms with Crippen LogP contribution in [0.1, 0.15) is 34.8 Å². The SMILES string of the molecule is O=C(c1ccccc1)N1CCCC(c2cccc(Nc3cnccn3)n2)C1. The second-order valence-corrected chi connectivity index (χ2v) is 6.62. The van der Waals surface area contributed by atoms with Gasteiger partial charge in [-0.2, -0.15) is 0 Å². The van der Waals surface area contributed by atoms with Crippen molar-refractivity contribution in [3.63, 3.8) is 0 Å². The fourth-order valence-electron chi connectivity index (χ4n) is 3.41. The first-order valence-electron chi connectivity index (χ1n) is 9.14.